The molecule has 0 radical (unpaired) electrons. The Kier molecular flexibility index (Phi) is 3.69. The van der Waals surface area contributed by atoms with E-state index >= 15 is 0 Å². The van der Waals surface area contributed by atoms with Crippen molar-refractivity contribution in [3.05, 3.63) is 18.0 Å². The highest BCUT2D eigenvalue weighted by molar-refractivity contribution is 7.89. The molecule has 1 saturated heterocycles. The zero-order valence-electron chi connectivity index (χ0n) is 11.0. The van der Waals surface area contributed by atoms with Gasteiger partial charge in [0.05, 0.1) is 0 Å². The number of piperidine rings is 1. The second kappa shape index (κ2) is 4.97. The van der Waals surface area contributed by atoms with Gasteiger partial charge in [0.25, 0.3) is 0 Å². The molecule has 0 atom stereocenters. The first-order chi connectivity index (χ1) is 8.82. The van der Waals surface area contributed by atoms with Gasteiger partial charge in [-0.3, -0.25) is 0 Å². The number of carbonyl (C=O) groups is 1. The van der Waals surface area contributed by atoms with Crippen molar-refractivity contribution in [3.63, 3.8) is 0 Å². The lowest BCUT2D eigenvalue weighted by atomic mass is 10.0. The van der Waals surface area contributed by atoms with Crippen LogP contribution >= 0.6 is 0 Å². The zero-order valence-corrected chi connectivity index (χ0v) is 11.9. The van der Waals surface area contributed by atoms with Crippen molar-refractivity contribution < 1.29 is 18.3 Å². The molecule has 0 amide bonds. The lowest BCUT2D eigenvalue weighted by molar-refractivity contribution is 0.0686. The highest BCUT2D eigenvalue weighted by atomic mass is 32.2. The molecule has 106 valence electrons. The highest BCUT2D eigenvalue weighted by Crippen LogP contribution is 2.24. The molecule has 0 saturated carbocycles. The summed E-state index contributed by atoms with van der Waals surface area (Å²) in [6.07, 6.45) is 3.05. The molecular formula is C12H18N2O4S. The lowest BCUT2D eigenvalue weighted by Crippen LogP contribution is -2.37. The first-order valence-corrected chi connectivity index (χ1v) is 7.66. The number of sulfonamides is 1. The molecule has 1 N–H and O–H groups in total. The molecule has 1 fully saturated rings. The summed E-state index contributed by atoms with van der Waals surface area (Å²) in [7, 11) is -2.04. The molecule has 1 aliphatic heterocycles. The average molecular weight is 286 g/mol. The van der Waals surface area contributed by atoms with E-state index in [2.05, 4.69) is 6.92 Å². The van der Waals surface area contributed by atoms with Crippen molar-refractivity contribution >= 4 is 16.0 Å². The van der Waals surface area contributed by atoms with Crippen LogP contribution in [0.1, 0.15) is 30.3 Å². The normalized spacial score (nSPS) is 18.6. The highest BCUT2D eigenvalue weighted by Gasteiger charge is 2.29. The van der Waals surface area contributed by atoms with Crippen molar-refractivity contribution in [3.8, 4) is 0 Å². The van der Waals surface area contributed by atoms with E-state index in [1.807, 2.05) is 0 Å². The third-order valence-corrected chi connectivity index (χ3v) is 5.44. The van der Waals surface area contributed by atoms with Crippen LogP contribution in [-0.2, 0) is 17.1 Å². The van der Waals surface area contributed by atoms with E-state index in [9.17, 15) is 13.2 Å². The van der Waals surface area contributed by atoms with Crippen molar-refractivity contribution in [2.24, 2.45) is 13.0 Å². The molecule has 1 aromatic heterocycles. The fourth-order valence-corrected chi connectivity index (χ4v) is 3.80. The molecule has 0 unspecified atom stereocenters. The van der Waals surface area contributed by atoms with Crippen LogP contribution < -0.4 is 0 Å². The second-order valence-electron chi connectivity index (χ2n) is 5.06. The van der Waals surface area contributed by atoms with Gasteiger partial charge in [-0.25, -0.2) is 13.2 Å². The number of hydrogen-bond donors (Lipinski definition) is 1. The Bertz CT molecular complexity index is 583. The van der Waals surface area contributed by atoms with Gasteiger partial charge in [-0.2, -0.15) is 4.31 Å². The Balaban J connectivity index is 2.29. The largest absolute Gasteiger partial charge is 0.477 e. The van der Waals surface area contributed by atoms with Gasteiger partial charge in [-0.15, -0.1) is 0 Å². The van der Waals surface area contributed by atoms with Crippen LogP contribution in [0.5, 0.6) is 0 Å². The number of hydrogen-bond acceptors (Lipinski definition) is 3. The minimum atomic E-state index is -3.57. The van der Waals surface area contributed by atoms with Crippen LogP contribution in [0, 0.1) is 5.92 Å². The Morgan fingerprint density at radius 2 is 1.95 bits per heavy atom. The molecule has 7 heteroatoms. The monoisotopic (exact) mass is 286 g/mol. The van der Waals surface area contributed by atoms with Gasteiger partial charge in [-0.1, -0.05) is 6.92 Å². The maximum absolute atomic E-state index is 12.4. The van der Waals surface area contributed by atoms with Crippen LogP contribution in [0.15, 0.2) is 17.2 Å². The van der Waals surface area contributed by atoms with E-state index in [-0.39, 0.29) is 10.6 Å². The fraction of sp³-hybridized carbons (Fsp3) is 0.583. The topological polar surface area (TPSA) is 79.6 Å². The second-order valence-corrected chi connectivity index (χ2v) is 7.00. The molecular weight excluding hydrogens is 268 g/mol. The van der Waals surface area contributed by atoms with Crippen molar-refractivity contribution in [2.45, 2.75) is 24.7 Å². The Labute approximate surface area is 112 Å². The minimum Gasteiger partial charge on any atom is -0.477 e. The van der Waals surface area contributed by atoms with Crippen LogP contribution in [-0.4, -0.2) is 41.5 Å². The summed E-state index contributed by atoms with van der Waals surface area (Å²) in [5.41, 5.74) is -0.0241. The van der Waals surface area contributed by atoms with Gasteiger partial charge in [0.15, 0.2) is 0 Å². The smallest absolute Gasteiger partial charge is 0.352 e. The van der Waals surface area contributed by atoms with Gasteiger partial charge in [0.2, 0.25) is 10.0 Å². The summed E-state index contributed by atoms with van der Waals surface area (Å²) in [5.74, 6) is -0.590. The average Bonchev–Trinajstić information content (AvgIpc) is 2.72. The summed E-state index contributed by atoms with van der Waals surface area (Å²) < 4.78 is 27.6. The van der Waals surface area contributed by atoms with Gasteiger partial charge >= 0.3 is 5.97 Å². The molecule has 1 aliphatic rings. The third kappa shape index (κ3) is 2.66. The molecule has 2 rings (SSSR count). The molecule has 0 spiro atoms. The first-order valence-electron chi connectivity index (χ1n) is 6.22. The summed E-state index contributed by atoms with van der Waals surface area (Å²) in [4.78, 5) is 11.0. The van der Waals surface area contributed by atoms with E-state index in [1.165, 1.54) is 28.2 Å². The van der Waals surface area contributed by atoms with Crippen LogP contribution in [0.25, 0.3) is 0 Å². The SMILES string of the molecule is CC1CCN(S(=O)(=O)c2cc(C(=O)O)n(C)c2)CC1. The van der Waals surface area contributed by atoms with Crippen molar-refractivity contribution in [1.82, 2.24) is 8.87 Å². The number of aromatic carboxylic acids is 1. The van der Waals surface area contributed by atoms with Gasteiger partial charge in [0.1, 0.15) is 10.6 Å². The van der Waals surface area contributed by atoms with Gasteiger partial charge < -0.3 is 9.67 Å². The van der Waals surface area contributed by atoms with E-state index in [0.717, 1.165) is 12.8 Å². The van der Waals surface area contributed by atoms with Crippen LogP contribution in [0.2, 0.25) is 0 Å². The Hall–Kier alpha value is -1.34. The third-order valence-electron chi connectivity index (χ3n) is 3.58. The van der Waals surface area contributed by atoms with Crippen molar-refractivity contribution in [2.75, 3.05) is 13.1 Å². The summed E-state index contributed by atoms with van der Waals surface area (Å²) in [5, 5.41) is 8.96. The Morgan fingerprint density at radius 3 is 2.42 bits per heavy atom. The number of aromatic nitrogens is 1. The summed E-state index contributed by atoms with van der Waals surface area (Å²) in [6, 6.07) is 1.22. The quantitative estimate of drug-likeness (QED) is 0.903. The number of aryl methyl sites for hydroxylation is 1. The maximum atomic E-state index is 12.4. The molecule has 19 heavy (non-hydrogen) atoms. The van der Waals surface area contributed by atoms with E-state index in [0.29, 0.717) is 19.0 Å². The number of nitrogens with zero attached hydrogens (tertiary/aromatic N) is 2. The number of carboxylic acids is 1. The number of carboxylic acid groups (broad SMARTS) is 1. The fourth-order valence-electron chi connectivity index (χ4n) is 2.26. The van der Waals surface area contributed by atoms with Crippen LogP contribution in [0.4, 0.5) is 0 Å². The number of rotatable bonds is 3. The first kappa shape index (κ1) is 14.1. The summed E-state index contributed by atoms with van der Waals surface area (Å²) >= 11 is 0. The lowest BCUT2D eigenvalue weighted by Gasteiger charge is -2.29. The van der Waals surface area contributed by atoms with Gasteiger partial charge in [0, 0.05) is 26.3 Å². The minimum absolute atomic E-state index is 0.0241. The molecule has 0 bridgehead atoms. The van der Waals surface area contributed by atoms with Gasteiger partial charge in [-0.05, 0) is 24.8 Å². The van der Waals surface area contributed by atoms with E-state index in [4.69, 9.17) is 5.11 Å². The summed E-state index contributed by atoms with van der Waals surface area (Å²) in [6.45, 7) is 3.11. The Morgan fingerprint density at radius 1 is 1.37 bits per heavy atom. The van der Waals surface area contributed by atoms with Crippen LogP contribution in [0.3, 0.4) is 0 Å². The zero-order chi connectivity index (χ0) is 14.2. The van der Waals surface area contributed by atoms with Crippen molar-refractivity contribution in [1.29, 1.82) is 0 Å². The van der Waals surface area contributed by atoms with E-state index in [1.54, 1.807) is 0 Å². The molecule has 2 heterocycles. The molecule has 0 aliphatic carbocycles. The predicted molar refractivity (Wildman–Crippen MR) is 69.5 cm³/mol. The standard InChI is InChI=1S/C12H18N2O4S/c1-9-3-5-14(6-4-9)19(17,18)10-7-11(12(15)16)13(2)8-10/h7-9H,3-6H2,1-2H3,(H,15,16). The van der Waals surface area contributed by atoms with E-state index < -0.39 is 16.0 Å². The maximum Gasteiger partial charge on any atom is 0.352 e. The molecule has 6 nitrogen and oxygen atoms in total. The molecule has 0 aromatic carbocycles. The molecule has 1 aromatic rings. The predicted octanol–water partition coefficient (Wildman–Crippen LogP) is 1.14.